The SMILES string of the molecule is COc1ccc(C(=O)N(Cc2ccco2)Cc2cccs2)cc1S(=O)(=O)N1CCCCC1C. The van der Waals surface area contributed by atoms with Crippen LogP contribution in [0.5, 0.6) is 5.75 Å². The fraction of sp³-hybridized carbons (Fsp3) is 0.375. The number of carbonyl (C=O) groups excluding carboxylic acids is 1. The van der Waals surface area contributed by atoms with Crippen LogP contribution in [0.2, 0.25) is 0 Å². The van der Waals surface area contributed by atoms with Crippen LogP contribution >= 0.6 is 11.3 Å². The number of carbonyl (C=O) groups is 1. The maximum Gasteiger partial charge on any atom is 0.254 e. The van der Waals surface area contributed by atoms with Crippen LogP contribution in [0, 0.1) is 0 Å². The molecule has 9 heteroatoms. The second kappa shape index (κ2) is 10.1. The molecule has 0 saturated carbocycles. The summed E-state index contributed by atoms with van der Waals surface area (Å²) >= 11 is 1.56. The van der Waals surface area contributed by atoms with Crippen LogP contribution < -0.4 is 4.74 Å². The van der Waals surface area contributed by atoms with E-state index in [1.165, 1.54) is 17.5 Å². The maximum atomic E-state index is 13.6. The molecule has 4 rings (SSSR count). The van der Waals surface area contributed by atoms with Gasteiger partial charge in [-0.1, -0.05) is 12.5 Å². The van der Waals surface area contributed by atoms with Crippen LogP contribution in [0.15, 0.2) is 63.4 Å². The van der Waals surface area contributed by atoms with E-state index in [2.05, 4.69) is 0 Å². The number of sulfonamides is 1. The molecule has 1 atom stereocenters. The van der Waals surface area contributed by atoms with Crippen LogP contribution in [-0.2, 0) is 23.1 Å². The number of hydrogen-bond donors (Lipinski definition) is 0. The first-order chi connectivity index (χ1) is 15.9. The predicted molar refractivity (Wildman–Crippen MR) is 127 cm³/mol. The number of thiophene rings is 1. The van der Waals surface area contributed by atoms with Gasteiger partial charge in [0.05, 0.1) is 26.5 Å². The minimum absolute atomic E-state index is 0.0265. The van der Waals surface area contributed by atoms with Crippen molar-refractivity contribution in [3.8, 4) is 5.75 Å². The molecule has 0 N–H and O–H groups in total. The molecule has 7 nitrogen and oxygen atoms in total. The molecule has 1 fully saturated rings. The molecule has 3 heterocycles. The van der Waals surface area contributed by atoms with Gasteiger partial charge in [0.1, 0.15) is 16.4 Å². The number of ether oxygens (including phenoxy) is 1. The van der Waals surface area contributed by atoms with E-state index in [0.717, 1.165) is 24.1 Å². The quantitative estimate of drug-likeness (QED) is 0.457. The molecule has 2 aromatic heterocycles. The van der Waals surface area contributed by atoms with Gasteiger partial charge in [-0.05, 0) is 61.5 Å². The van der Waals surface area contributed by atoms with Crippen LogP contribution in [0.3, 0.4) is 0 Å². The van der Waals surface area contributed by atoms with Crippen molar-refractivity contribution in [2.45, 2.75) is 50.2 Å². The van der Waals surface area contributed by atoms with Gasteiger partial charge in [-0.25, -0.2) is 8.42 Å². The van der Waals surface area contributed by atoms with Crippen molar-refractivity contribution < 1.29 is 22.4 Å². The van der Waals surface area contributed by atoms with E-state index >= 15 is 0 Å². The van der Waals surface area contributed by atoms with Gasteiger partial charge in [-0.15, -0.1) is 11.3 Å². The number of piperidine rings is 1. The monoisotopic (exact) mass is 488 g/mol. The number of rotatable bonds is 8. The number of benzene rings is 1. The molecular formula is C24H28N2O5S2. The molecule has 1 saturated heterocycles. The van der Waals surface area contributed by atoms with Crippen LogP contribution in [0.1, 0.15) is 47.2 Å². The lowest BCUT2D eigenvalue weighted by atomic mass is 10.1. The Balaban J connectivity index is 1.68. The molecule has 1 unspecified atom stereocenters. The van der Waals surface area contributed by atoms with Crippen molar-refractivity contribution in [3.63, 3.8) is 0 Å². The van der Waals surface area contributed by atoms with Gasteiger partial charge in [0.15, 0.2) is 0 Å². The second-order valence-electron chi connectivity index (χ2n) is 8.15. The lowest BCUT2D eigenvalue weighted by molar-refractivity contribution is 0.0719. The first-order valence-electron chi connectivity index (χ1n) is 10.9. The van der Waals surface area contributed by atoms with Crippen molar-refractivity contribution in [3.05, 3.63) is 70.3 Å². The van der Waals surface area contributed by atoms with Crippen LogP contribution in [0.4, 0.5) is 0 Å². The van der Waals surface area contributed by atoms with Crippen molar-refractivity contribution in [2.24, 2.45) is 0 Å². The molecule has 1 aliphatic rings. The van der Waals surface area contributed by atoms with Gasteiger partial charge >= 0.3 is 0 Å². The zero-order valence-electron chi connectivity index (χ0n) is 18.8. The van der Waals surface area contributed by atoms with E-state index in [-0.39, 0.29) is 29.1 Å². The lowest BCUT2D eigenvalue weighted by Gasteiger charge is -2.32. The number of amides is 1. The van der Waals surface area contributed by atoms with Crippen molar-refractivity contribution in [1.29, 1.82) is 0 Å². The van der Waals surface area contributed by atoms with Crippen molar-refractivity contribution >= 4 is 27.3 Å². The summed E-state index contributed by atoms with van der Waals surface area (Å²) < 4.78 is 39.4. The van der Waals surface area contributed by atoms with E-state index < -0.39 is 10.0 Å². The number of nitrogens with zero attached hydrogens (tertiary/aromatic N) is 2. The summed E-state index contributed by atoms with van der Waals surface area (Å²) in [6.45, 7) is 3.06. The molecule has 0 bridgehead atoms. The highest BCUT2D eigenvalue weighted by atomic mass is 32.2. The Labute approximate surface area is 198 Å². The fourth-order valence-electron chi connectivity index (χ4n) is 4.13. The Morgan fingerprint density at radius 3 is 2.73 bits per heavy atom. The van der Waals surface area contributed by atoms with E-state index in [0.29, 0.717) is 24.4 Å². The number of furan rings is 1. The Morgan fingerprint density at radius 2 is 2.06 bits per heavy atom. The largest absolute Gasteiger partial charge is 0.495 e. The molecule has 1 aliphatic heterocycles. The highest BCUT2D eigenvalue weighted by Crippen LogP contribution is 2.32. The summed E-state index contributed by atoms with van der Waals surface area (Å²) in [5.74, 6) is 0.620. The summed E-state index contributed by atoms with van der Waals surface area (Å²) in [5, 5.41) is 1.96. The highest BCUT2D eigenvalue weighted by Gasteiger charge is 2.34. The first-order valence-corrected chi connectivity index (χ1v) is 13.3. The molecular weight excluding hydrogens is 460 g/mol. The predicted octanol–water partition coefficient (Wildman–Crippen LogP) is 4.76. The zero-order valence-corrected chi connectivity index (χ0v) is 20.4. The van der Waals surface area contributed by atoms with Gasteiger partial charge in [0.2, 0.25) is 10.0 Å². The summed E-state index contributed by atoms with van der Waals surface area (Å²) in [7, 11) is -2.37. The maximum absolute atomic E-state index is 13.6. The Hall–Kier alpha value is -2.62. The second-order valence-corrected chi connectivity index (χ2v) is 11.0. The fourth-order valence-corrected chi connectivity index (χ4v) is 6.73. The average Bonchev–Trinajstić information content (AvgIpc) is 3.52. The van der Waals surface area contributed by atoms with Crippen LogP contribution in [0.25, 0.3) is 0 Å². The molecule has 0 radical (unpaired) electrons. The third-order valence-electron chi connectivity index (χ3n) is 5.88. The minimum Gasteiger partial charge on any atom is -0.495 e. The minimum atomic E-state index is -3.81. The molecule has 176 valence electrons. The Bertz CT molecular complexity index is 1140. The summed E-state index contributed by atoms with van der Waals surface area (Å²) in [5.41, 5.74) is 0.294. The van der Waals surface area contributed by atoms with Gasteiger partial charge in [-0.2, -0.15) is 4.31 Å². The normalized spacial score (nSPS) is 17.1. The summed E-state index contributed by atoms with van der Waals surface area (Å²) in [4.78, 5) is 16.3. The van der Waals surface area contributed by atoms with Gasteiger partial charge < -0.3 is 14.1 Å². The van der Waals surface area contributed by atoms with E-state index in [1.54, 1.807) is 40.7 Å². The Kier molecular flexibility index (Phi) is 7.21. The van der Waals surface area contributed by atoms with Gasteiger partial charge in [0, 0.05) is 23.0 Å². The molecule has 33 heavy (non-hydrogen) atoms. The third-order valence-corrected chi connectivity index (χ3v) is 8.78. The number of methoxy groups -OCH3 is 1. The standard InChI is InChI=1S/C24H28N2O5S2/c1-18-7-3-4-12-26(18)33(28,29)23-15-19(10-11-22(23)30-2)24(27)25(16-20-8-5-13-31-20)17-21-9-6-14-32-21/h5-6,8-11,13-15,18H,3-4,7,12,16-17H2,1-2H3. The Morgan fingerprint density at radius 1 is 1.21 bits per heavy atom. The van der Waals surface area contributed by atoms with Gasteiger partial charge in [-0.3, -0.25) is 4.79 Å². The first kappa shape index (κ1) is 23.5. The zero-order chi connectivity index (χ0) is 23.4. The molecule has 0 aliphatic carbocycles. The highest BCUT2D eigenvalue weighted by molar-refractivity contribution is 7.89. The molecule has 1 amide bonds. The van der Waals surface area contributed by atoms with Crippen molar-refractivity contribution in [1.82, 2.24) is 9.21 Å². The lowest BCUT2D eigenvalue weighted by Crippen LogP contribution is -2.42. The van der Waals surface area contributed by atoms with E-state index in [1.807, 2.05) is 30.5 Å². The molecule has 3 aromatic rings. The van der Waals surface area contributed by atoms with E-state index in [4.69, 9.17) is 9.15 Å². The van der Waals surface area contributed by atoms with Crippen molar-refractivity contribution in [2.75, 3.05) is 13.7 Å². The summed E-state index contributed by atoms with van der Waals surface area (Å²) in [6.07, 6.45) is 4.22. The van der Waals surface area contributed by atoms with Gasteiger partial charge in [0.25, 0.3) is 5.91 Å². The number of hydrogen-bond acceptors (Lipinski definition) is 6. The third kappa shape index (κ3) is 5.15. The topological polar surface area (TPSA) is 80.1 Å². The molecule has 1 aromatic carbocycles. The molecule has 0 spiro atoms. The summed E-state index contributed by atoms with van der Waals surface area (Å²) in [6, 6.07) is 12.0. The smallest absolute Gasteiger partial charge is 0.254 e. The van der Waals surface area contributed by atoms with E-state index in [9.17, 15) is 13.2 Å². The van der Waals surface area contributed by atoms with Crippen LogP contribution in [-0.4, -0.2) is 43.2 Å². The average molecular weight is 489 g/mol.